The molecule has 28 heavy (non-hydrogen) atoms. The van der Waals surface area contributed by atoms with E-state index in [4.69, 9.17) is 4.74 Å². The molecule has 1 fully saturated rings. The van der Waals surface area contributed by atoms with E-state index in [9.17, 15) is 19.2 Å². The Bertz CT molecular complexity index is 912. The van der Waals surface area contributed by atoms with Crippen molar-refractivity contribution in [1.82, 2.24) is 9.80 Å². The average molecular weight is 401 g/mol. The minimum atomic E-state index is -1.03. The Morgan fingerprint density at radius 2 is 1.89 bits per heavy atom. The van der Waals surface area contributed by atoms with Gasteiger partial charge in [0.05, 0.1) is 12.3 Å². The summed E-state index contributed by atoms with van der Waals surface area (Å²) in [6, 6.07) is 7.47. The zero-order valence-corrected chi connectivity index (χ0v) is 16.3. The number of thiophene rings is 1. The highest BCUT2D eigenvalue weighted by Gasteiger charge is 2.47. The van der Waals surface area contributed by atoms with Crippen LogP contribution in [0.2, 0.25) is 0 Å². The van der Waals surface area contributed by atoms with Gasteiger partial charge in [-0.25, -0.2) is 14.6 Å². The Morgan fingerprint density at radius 1 is 1.14 bits per heavy atom. The van der Waals surface area contributed by atoms with Crippen molar-refractivity contribution < 1.29 is 23.9 Å². The Balaban J connectivity index is 1.77. The molecule has 5 amide bonds. The van der Waals surface area contributed by atoms with Crippen LogP contribution in [-0.2, 0) is 20.9 Å². The zero-order valence-electron chi connectivity index (χ0n) is 15.5. The van der Waals surface area contributed by atoms with Gasteiger partial charge >= 0.3 is 17.8 Å². The molecule has 0 atom stereocenters. The smallest absolute Gasteiger partial charge is 0.339 e. The van der Waals surface area contributed by atoms with Crippen LogP contribution in [0.1, 0.15) is 12.5 Å². The molecular weight excluding hydrogens is 382 g/mol. The molecule has 0 bridgehead atoms. The van der Waals surface area contributed by atoms with Crippen molar-refractivity contribution in [2.24, 2.45) is 0 Å². The Hall–Kier alpha value is -3.20. The summed E-state index contributed by atoms with van der Waals surface area (Å²) in [7, 11) is 1.58. The van der Waals surface area contributed by atoms with Crippen molar-refractivity contribution in [2.75, 3.05) is 25.1 Å². The highest BCUT2D eigenvalue weighted by Crippen LogP contribution is 2.31. The van der Waals surface area contributed by atoms with Crippen molar-refractivity contribution >= 4 is 40.8 Å². The highest BCUT2D eigenvalue weighted by molar-refractivity contribution is 7.07. The van der Waals surface area contributed by atoms with E-state index < -0.39 is 30.3 Å². The molecule has 2 heterocycles. The average Bonchev–Trinajstić information content (AvgIpc) is 3.26. The van der Waals surface area contributed by atoms with E-state index >= 15 is 0 Å². The maximum Gasteiger partial charge on any atom is 0.339 e. The molecule has 2 aromatic rings. The first-order chi connectivity index (χ1) is 13.4. The lowest BCUT2D eigenvalue weighted by atomic mass is 10.2. The Kier molecular flexibility index (Phi) is 5.74. The van der Waals surface area contributed by atoms with Gasteiger partial charge in [0.25, 0.3) is 0 Å². The van der Waals surface area contributed by atoms with Gasteiger partial charge in [0.2, 0.25) is 5.91 Å². The normalized spacial score (nSPS) is 14.0. The highest BCUT2D eigenvalue weighted by atomic mass is 32.1. The molecule has 0 N–H and O–H groups in total. The minimum absolute atomic E-state index is 0.175. The summed E-state index contributed by atoms with van der Waals surface area (Å²) in [5.74, 6) is -2.18. The lowest BCUT2D eigenvalue weighted by molar-refractivity contribution is -0.142. The predicted octanol–water partition coefficient (Wildman–Crippen LogP) is 2.10. The number of rotatable bonds is 7. The lowest BCUT2D eigenvalue weighted by Gasteiger charge is -2.21. The summed E-state index contributed by atoms with van der Waals surface area (Å²) < 4.78 is 5.44. The molecule has 146 valence electrons. The third kappa shape index (κ3) is 3.74. The van der Waals surface area contributed by atoms with Gasteiger partial charge in [0, 0.05) is 13.6 Å². The first-order valence-electron chi connectivity index (χ1n) is 8.60. The summed E-state index contributed by atoms with van der Waals surface area (Å²) in [6.07, 6.45) is 0. The molecule has 1 aromatic carbocycles. The molecule has 0 unspecified atom stereocenters. The monoisotopic (exact) mass is 401 g/mol. The van der Waals surface area contributed by atoms with Gasteiger partial charge in [-0.1, -0.05) is 12.1 Å². The number of nitrogens with zero attached hydrogens (tertiary/aromatic N) is 3. The van der Waals surface area contributed by atoms with Crippen molar-refractivity contribution in [2.45, 2.75) is 13.5 Å². The maximum atomic E-state index is 12.7. The number of hydrogen-bond donors (Lipinski definition) is 0. The van der Waals surface area contributed by atoms with E-state index in [1.54, 1.807) is 32.2 Å². The van der Waals surface area contributed by atoms with Crippen LogP contribution in [0.25, 0.3) is 0 Å². The van der Waals surface area contributed by atoms with E-state index in [0.717, 1.165) is 10.5 Å². The second-order valence-corrected chi connectivity index (χ2v) is 6.88. The fraction of sp³-hybridized carbons (Fsp3) is 0.263. The molecule has 0 spiro atoms. The topological polar surface area (TPSA) is 87.2 Å². The Labute approximate surface area is 165 Å². The van der Waals surface area contributed by atoms with Crippen LogP contribution in [0.3, 0.4) is 0 Å². The van der Waals surface area contributed by atoms with Crippen molar-refractivity contribution in [1.29, 1.82) is 0 Å². The van der Waals surface area contributed by atoms with Crippen molar-refractivity contribution in [3.8, 4) is 5.75 Å². The van der Waals surface area contributed by atoms with Crippen molar-refractivity contribution in [3.63, 3.8) is 0 Å². The van der Waals surface area contributed by atoms with Gasteiger partial charge in [-0.05, 0) is 41.4 Å². The SMILES string of the molecule is CCOc1ccccc1N1C(=O)C(=O)N(CC(=O)N(C)Cc2ccsc2)C1=O. The number of para-hydroxylation sites is 2. The largest absolute Gasteiger partial charge is 0.492 e. The third-order valence-corrected chi connectivity index (χ3v) is 4.91. The van der Waals surface area contributed by atoms with Gasteiger partial charge in [-0.15, -0.1) is 0 Å². The molecule has 1 aromatic heterocycles. The molecule has 1 saturated heterocycles. The predicted molar refractivity (Wildman–Crippen MR) is 103 cm³/mol. The lowest BCUT2D eigenvalue weighted by Crippen LogP contribution is -2.42. The van der Waals surface area contributed by atoms with Crippen LogP contribution < -0.4 is 9.64 Å². The van der Waals surface area contributed by atoms with E-state index in [1.165, 1.54) is 22.3 Å². The van der Waals surface area contributed by atoms with Crippen LogP contribution in [-0.4, -0.2) is 53.8 Å². The fourth-order valence-corrected chi connectivity index (χ4v) is 3.44. The van der Waals surface area contributed by atoms with E-state index in [0.29, 0.717) is 23.8 Å². The first kappa shape index (κ1) is 19.6. The number of urea groups is 1. The van der Waals surface area contributed by atoms with E-state index in [1.807, 2.05) is 16.8 Å². The van der Waals surface area contributed by atoms with Gasteiger partial charge in [0.15, 0.2) is 0 Å². The molecule has 0 aliphatic carbocycles. The van der Waals surface area contributed by atoms with Crippen LogP contribution >= 0.6 is 11.3 Å². The summed E-state index contributed by atoms with van der Waals surface area (Å²) in [5.41, 5.74) is 1.12. The van der Waals surface area contributed by atoms with E-state index in [-0.39, 0.29) is 5.69 Å². The second kappa shape index (κ2) is 8.22. The summed E-state index contributed by atoms with van der Waals surface area (Å²) >= 11 is 1.51. The van der Waals surface area contributed by atoms with Crippen molar-refractivity contribution in [3.05, 3.63) is 46.7 Å². The number of carbonyl (C=O) groups excluding carboxylic acids is 4. The number of anilines is 1. The summed E-state index contributed by atoms with van der Waals surface area (Å²) in [5, 5.41) is 3.80. The number of carbonyl (C=O) groups is 4. The molecular formula is C19H19N3O5S. The molecule has 8 nitrogen and oxygen atoms in total. The third-order valence-electron chi connectivity index (χ3n) is 4.18. The number of ether oxygens (including phenoxy) is 1. The zero-order chi connectivity index (χ0) is 20.3. The summed E-state index contributed by atoms with van der Waals surface area (Å²) in [6.45, 7) is 1.95. The number of amides is 5. The van der Waals surface area contributed by atoms with Crippen LogP contribution in [0.5, 0.6) is 5.75 Å². The van der Waals surface area contributed by atoms with E-state index in [2.05, 4.69) is 0 Å². The maximum absolute atomic E-state index is 12.7. The van der Waals surface area contributed by atoms with Gasteiger partial charge < -0.3 is 9.64 Å². The second-order valence-electron chi connectivity index (χ2n) is 6.10. The Morgan fingerprint density at radius 3 is 2.57 bits per heavy atom. The number of likely N-dealkylation sites (N-methyl/N-ethyl adjacent to an activating group) is 1. The first-order valence-corrected chi connectivity index (χ1v) is 9.55. The molecule has 0 radical (unpaired) electrons. The minimum Gasteiger partial charge on any atom is -0.492 e. The number of hydrogen-bond acceptors (Lipinski definition) is 6. The molecule has 0 saturated carbocycles. The number of imide groups is 2. The summed E-state index contributed by atoms with van der Waals surface area (Å²) in [4.78, 5) is 52.8. The number of benzene rings is 1. The quantitative estimate of drug-likeness (QED) is 0.524. The van der Waals surface area contributed by atoms with Gasteiger partial charge in [-0.3, -0.25) is 14.4 Å². The van der Waals surface area contributed by atoms with Crippen LogP contribution in [0.15, 0.2) is 41.1 Å². The molecule has 1 aliphatic heterocycles. The van der Waals surface area contributed by atoms with Gasteiger partial charge in [-0.2, -0.15) is 11.3 Å². The fourth-order valence-electron chi connectivity index (χ4n) is 2.78. The van der Waals surface area contributed by atoms with Crippen LogP contribution in [0, 0.1) is 0 Å². The standard InChI is InChI=1S/C19H19N3O5S/c1-3-27-15-7-5-4-6-14(15)22-18(25)17(24)21(19(22)26)11-16(23)20(2)10-13-8-9-28-12-13/h4-9,12H,3,10-11H2,1-2H3. The molecule has 3 rings (SSSR count). The molecule has 9 heteroatoms. The molecule has 1 aliphatic rings. The van der Waals surface area contributed by atoms with Crippen LogP contribution in [0.4, 0.5) is 10.5 Å². The van der Waals surface area contributed by atoms with Gasteiger partial charge in [0.1, 0.15) is 12.3 Å².